The van der Waals surface area contributed by atoms with E-state index in [0.717, 1.165) is 41.2 Å². The Kier molecular flexibility index (Phi) is 8.76. The molecule has 2 amide bonds. The normalized spacial score (nSPS) is 15.8. The first-order valence-electron chi connectivity index (χ1n) is 12.5. The largest absolute Gasteiger partial charge is 0.399 e. The molecule has 9 heteroatoms. The molecule has 1 fully saturated rings. The maximum Gasteiger partial charge on any atom is 0.241 e. The Morgan fingerprint density at radius 1 is 1.08 bits per heavy atom. The van der Waals surface area contributed by atoms with Gasteiger partial charge in [-0.15, -0.1) is 24.2 Å². The van der Waals surface area contributed by atoms with Crippen LogP contribution in [0.3, 0.4) is 0 Å². The van der Waals surface area contributed by atoms with Crippen molar-refractivity contribution >= 4 is 69.2 Å². The summed E-state index contributed by atoms with van der Waals surface area (Å²) in [6.07, 6.45) is 4.51. The third-order valence-electron chi connectivity index (χ3n) is 6.98. The number of likely N-dealkylation sites (tertiary alicyclic amines) is 1. The van der Waals surface area contributed by atoms with Crippen LogP contribution < -0.4 is 16.8 Å². The molecule has 5 rings (SSSR count). The van der Waals surface area contributed by atoms with E-state index in [4.69, 9.17) is 11.5 Å². The zero-order valence-electron chi connectivity index (χ0n) is 21.2. The molecule has 198 valence electrons. The number of pyridine rings is 1. The minimum atomic E-state index is -0.788. The number of rotatable bonds is 7. The zero-order valence-corrected chi connectivity index (χ0v) is 22.9. The van der Waals surface area contributed by atoms with Crippen LogP contribution in [-0.4, -0.2) is 40.5 Å². The van der Waals surface area contributed by atoms with Crippen LogP contribution in [0.4, 0.5) is 11.4 Å². The Labute approximate surface area is 232 Å². The fourth-order valence-electron chi connectivity index (χ4n) is 5.04. The fourth-order valence-corrected chi connectivity index (χ4v) is 5.69. The number of carbonyl (C=O) groups is 2. The first-order chi connectivity index (χ1) is 17.9. The van der Waals surface area contributed by atoms with Gasteiger partial charge in [-0.2, -0.15) is 0 Å². The highest BCUT2D eigenvalue weighted by atomic mass is 35.5. The summed E-state index contributed by atoms with van der Waals surface area (Å²) in [5.41, 5.74) is 16.1. The zero-order chi connectivity index (χ0) is 25.9. The second-order valence-corrected chi connectivity index (χ2v) is 10.3. The number of hydrogen-bond acceptors (Lipinski definition) is 6. The van der Waals surface area contributed by atoms with Crippen LogP contribution in [0, 0.1) is 0 Å². The van der Waals surface area contributed by atoms with Crippen molar-refractivity contribution in [3.8, 4) is 0 Å². The van der Waals surface area contributed by atoms with Crippen molar-refractivity contribution in [3.05, 3.63) is 72.3 Å². The van der Waals surface area contributed by atoms with Crippen LogP contribution >= 0.6 is 24.2 Å². The van der Waals surface area contributed by atoms with Gasteiger partial charge >= 0.3 is 0 Å². The van der Waals surface area contributed by atoms with E-state index in [9.17, 15) is 9.59 Å². The summed E-state index contributed by atoms with van der Waals surface area (Å²) in [6.45, 7) is 0.734. The number of halogens is 1. The van der Waals surface area contributed by atoms with Gasteiger partial charge in [0.15, 0.2) is 0 Å². The highest BCUT2D eigenvalue weighted by Crippen LogP contribution is 2.37. The smallest absolute Gasteiger partial charge is 0.241 e. The van der Waals surface area contributed by atoms with Crippen molar-refractivity contribution < 1.29 is 9.59 Å². The minimum absolute atomic E-state index is 0. The van der Waals surface area contributed by atoms with Crippen LogP contribution in [-0.2, 0) is 9.59 Å². The number of nitrogens with one attached hydrogen (secondary N) is 1. The molecule has 0 aliphatic carbocycles. The topological polar surface area (TPSA) is 114 Å². The molecule has 0 spiro atoms. The summed E-state index contributed by atoms with van der Waals surface area (Å²) in [5.74, 6) is -0.273. The predicted molar refractivity (Wildman–Crippen MR) is 159 cm³/mol. The first-order valence-corrected chi connectivity index (χ1v) is 13.7. The molecule has 2 unspecified atom stereocenters. The molecule has 0 radical (unpaired) electrons. The van der Waals surface area contributed by atoms with Gasteiger partial charge in [-0.25, -0.2) is 4.98 Å². The van der Waals surface area contributed by atoms with Gasteiger partial charge in [0.05, 0.1) is 23.1 Å². The minimum Gasteiger partial charge on any atom is -0.399 e. The lowest BCUT2D eigenvalue weighted by molar-refractivity contribution is -0.132. The van der Waals surface area contributed by atoms with E-state index in [2.05, 4.69) is 28.7 Å². The van der Waals surface area contributed by atoms with Crippen molar-refractivity contribution in [2.24, 2.45) is 5.73 Å². The highest BCUT2D eigenvalue weighted by molar-refractivity contribution is 7.98. The summed E-state index contributed by atoms with van der Waals surface area (Å²) in [4.78, 5) is 33.7. The summed E-state index contributed by atoms with van der Waals surface area (Å²) in [5, 5.41) is 4.85. The molecular weight excluding hydrogens is 518 g/mol. The molecule has 5 N–H and O–H groups in total. The summed E-state index contributed by atoms with van der Waals surface area (Å²) in [6, 6.07) is 20.8. The molecule has 1 saturated heterocycles. The van der Waals surface area contributed by atoms with Gasteiger partial charge in [0.1, 0.15) is 0 Å². The molecule has 1 aliphatic heterocycles. The van der Waals surface area contributed by atoms with Gasteiger partial charge in [-0.3, -0.25) is 9.59 Å². The number of anilines is 2. The number of hydrogen-bond donors (Lipinski definition) is 3. The SMILES string of the molecule is CSc1ccccc1C1CCCN1C(=O)CCC(N)C(=O)Nc1ccc2cc3ccc(N)cc3nc2c1.Cl. The quantitative estimate of drug-likeness (QED) is 0.159. The van der Waals surface area contributed by atoms with E-state index in [1.807, 2.05) is 59.5 Å². The van der Waals surface area contributed by atoms with Crippen molar-refractivity contribution in [1.82, 2.24) is 9.88 Å². The molecule has 0 saturated carbocycles. The number of thioether (sulfide) groups is 1. The molecule has 1 aromatic heterocycles. The number of aromatic nitrogens is 1. The third kappa shape index (κ3) is 5.88. The van der Waals surface area contributed by atoms with Crippen molar-refractivity contribution in [3.63, 3.8) is 0 Å². The molecular formula is C29H32ClN5O2S. The number of nitrogen functional groups attached to an aromatic ring is 1. The molecule has 3 aromatic carbocycles. The van der Waals surface area contributed by atoms with E-state index in [1.54, 1.807) is 11.8 Å². The molecule has 0 bridgehead atoms. The number of amides is 2. The predicted octanol–water partition coefficient (Wildman–Crippen LogP) is 5.52. The maximum atomic E-state index is 13.1. The standard InChI is InChI=1S/C29H31N5O2S.ClH/c1-37-27-7-3-2-5-22(27)26-6-4-14-34(26)28(35)13-12-23(31)29(36)32-21-11-9-19-15-18-8-10-20(30)16-24(18)33-25(19)17-21;/h2-3,5,7-11,15-17,23,26H,4,6,12-14,30-31H2,1H3,(H,32,36);1H. The lowest BCUT2D eigenvalue weighted by Gasteiger charge is -2.27. The third-order valence-corrected chi connectivity index (χ3v) is 7.79. The van der Waals surface area contributed by atoms with Crippen LogP contribution in [0.2, 0.25) is 0 Å². The van der Waals surface area contributed by atoms with Crippen molar-refractivity contribution in [2.75, 3.05) is 23.9 Å². The average Bonchev–Trinajstić information content (AvgIpc) is 3.40. The summed E-state index contributed by atoms with van der Waals surface area (Å²) >= 11 is 1.70. The van der Waals surface area contributed by atoms with Gasteiger partial charge in [-0.1, -0.05) is 30.3 Å². The fraction of sp³-hybridized carbons (Fsp3) is 0.276. The summed E-state index contributed by atoms with van der Waals surface area (Å²) < 4.78 is 0. The van der Waals surface area contributed by atoms with Gasteiger partial charge in [-0.05, 0) is 67.5 Å². The molecule has 2 heterocycles. The van der Waals surface area contributed by atoms with Crippen molar-refractivity contribution in [2.45, 2.75) is 42.7 Å². The van der Waals surface area contributed by atoms with Crippen LogP contribution in [0.1, 0.15) is 37.3 Å². The maximum absolute atomic E-state index is 13.1. The number of benzene rings is 3. The van der Waals surface area contributed by atoms with Crippen LogP contribution in [0.25, 0.3) is 21.8 Å². The molecule has 7 nitrogen and oxygen atoms in total. The monoisotopic (exact) mass is 549 g/mol. The lowest BCUT2D eigenvalue weighted by atomic mass is 10.0. The van der Waals surface area contributed by atoms with Gasteiger partial charge in [0.2, 0.25) is 11.8 Å². The average molecular weight is 550 g/mol. The number of nitrogens with two attached hydrogens (primary N) is 2. The van der Waals surface area contributed by atoms with E-state index >= 15 is 0 Å². The van der Waals surface area contributed by atoms with Gasteiger partial charge < -0.3 is 21.7 Å². The summed E-state index contributed by atoms with van der Waals surface area (Å²) in [7, 11) is 0. The number of carbonyl (C=O) groups excluding carboxylic acids is 2. The Morgan fingerprint density at radius 2 is 1.82 bits per heavy atom. The number of fused-ring (bicyclic) bond motifs is 2. The van der Waals surface area contributed by atoms with Crippen LogP contribution in [0.15, 0.2) is 71.6 Å². The van der Waals surface area contributed by atoms with E-state index in [1.165, 1.54) is 10.5 Å². The second-order valence-electron chi connectivity index (χ2n) is 9.47. The van der Waals surface area contributed by atoms with Crippen molar-refractivity contribution in [1.29, 1.82) is 0 Å². The lowest BCUT2D eigenvalue weighted by Crippen LogP contribution is -2.38. The Morgan fingerprint density at radius 3 is 2.61 bits per heavy atom. The molecule has 4 aromatic rings. The first kappa shape index (κ1) is 27.7. The Bertz CT molecular complexity index is 1480. The van der Waals surface area contributed by atoms with E-state index < -0.39 is 6.04 Å². The van der Waals surface area contributed by atoms with E-state index in [0.29, 0.717) is 11.4 Å². The Hall–Kier alpha value is -3.33. The second kappa shape index (κ2) is 12.0. The molecule has 38 heavy (non-hydrogen) atoms. The van der Waals surface area contributed by atoms with Gasteiger partial charge in [0, 0.05) is 40.0 Å². The van der Waals surface area contributed by atoms with E-state index in [-0.39, 0.29) is 43.1 Å². The molecule has 1 aliphatic rings. The molecule has 2 atom stereocenters. The Balaban J connectivity index is 0.00000336. The highest BCUT2D eigenvalue weighted by Gasteiger charge is 2.31. The number of nitrogens with zero attached hydrogens (tertiary/aromatic N) is 2. The van der Waals surface area contributed by atoms with Crippen LogP contribution in [0.5, 0.6) is 0 Å². The van der Waals surface area contributed by atoms with Gasteiger partial charge in [0.25, 0.3) is 0 Å².